The number of hydrogen-bond donors (Lipinski definition) is 1. The lowest BCUT2D eigenvalue weighted by molar-refractivity contribution is -0.122. The van der Waals surface area contributed by atoms with Crippen LogP contribution in [0, 0.1) is 0 Å². The van der Waals surface area contributed by atoms with Crippen LogP contribution in [-0.4, -0.2) is 50.6 Å². The van der Waals surface area contributed by atoms with Gasteiger partial charge < -0.3 is 10.2 Å². The van der Waals surface area contributed by atoms with Crippen molar-refractivity contribution >= 4 is 11.6 Å². The van der Waals surface area contributed by atoms with Crippen LogP contribution in [0.4, 0.5) is 5.69 Å². The SMILES string of the molecule is CN(CCCNC(=O)CN1CCc2ccccc2CC1)c1ccccc1. The molecule has 4 heteroatoms. The van der Waals surface area contributed by atoms with E-state index in [-0.39, 0.29) is 5.91 Å². The highest BCUT2D eigenvalue weighted by Gasteiger charge is 2.15. The van der Waals surface area contributed by atoms with Gasteiger partial charge in [-0.2, -0.15) is 0 Å². The molecule has 1 amide bonds. The predicted molar refractivity (Wildman–Crippen MR) is 108 cm³/mol. The average molecular weight is 351 g/mol. The lowest BCUT2D eigenvalue weighted by atomic mass is 10.0. The summed E-state index contributed by atoms with van der Waals surface area (Å²) >= 11 is 0. The Hall–Kier alpha value is -2.33. The van der Waals surface area contributed by atoms with Crippen LogP contribution >= 0.6 is 0 Å². The average Bonchev–Trinajstić information content (AvgIpc) is 2.88. The zero-order valence-electron chi connectivity index (χ0n) is 15.7. The van der Waals surface area contributed by atoms with Crippen LogP contribution in [0.25, 0.3) is 0 Å². The summed E-state index contributed by atoms with van der Waals surface area (Å²) < 4.78 is 0. The summed E-state index contributed by atoms with van der Waals surface area (Å²) in [6.45, 7) is 4.08. The Bertz CT molecular complexity index is 675. The van der Waals surface area contributed by atoms with Crippen LogP contribution in [-0.2, 0) is 17.6 Å². The molecule has 1 heterocycles. The lowest BCUT2D eigenvalue weighted by Crippen LogP contribution is -2.39. The van der Waals surface area contributed by atoms with Gasteiger partial charge in [0.2, 0.25) is 5.91 Å². The molecule has 4 nitrogen and oxygen atoms in total. The summed E-state index contributed by atoms with van der Waals surface area (Å²) in [5.41, 5.74) is 4.07. The first-order valence-electron chi connectivity index (χ1n) is 9.54. The molecule has 0 atom stereocenters. The van der Waals surface area contributed by atoms with Gasteiger partial charge in [0.15, 0.2) is 0 Å². The third-order valence-corrected chi connectivity index (χ3v) is 5.07. The number of para-hydroxylation sites is 1. The van der Waals surface area contributed by atoms with Crippen molar-refractivity contribution in [2.45, 2.75) is 19.3 Å². The van der Waals surface area contributed by atoms with Gasteiger partial charge in [-0.3, -0.25) is 9.69 Å². The summed E-state index contributed by atoms with van der Waals surface area (Å²) in [4.78, 5) is 16.7. The highest BCUT2D eigenvalue weighted by molar-refractivity contribution is 5.78. The van der Waals surface area contributed by atoms with Crippen molar-refractivity contribution < 1.29 is 4.79 Å². The summed E-state index contributed by atoms with van der Waals surface area (Å²) in [6, 6.07) is 19.0. The van der Waals surface area contributed by atoms with Gasteiger partial charge in [0.25, 0.3) is 0 Å². The topological polar surface area (TPSA) is 35.6 Å². The zero-order valence-corrected chi connectivity index (χ0v) is 15.7. The molecule has 0 unspecified atom stereocenters. The fraction of sp³-hybridized carbons (Fsp3) is 0.409. The normalized spacial score (nSPS) is 14.3. The quantitative estimate of drug-likeness (QED) is 0.779. The molecule has 138 valence electrons. The van der Waals surface area contributed by atoms with Crippen LogP contribution in [0.3, 0.4) is 0 Å². The minimum Gasteiger partial charge on any atom is -0.375 e. The molecule has 0 spiro atoms. The maximum atomic E-state index is 12.2. The van der Waals surface area contributed by atoms with Crippen LogP contribution in [0.2, 0.25) is 0 Å². The van der Waals surface area contributed by atoms with Gasteiger partial charge in [0.1, 0.15) is 0 Å². The maximum absolute atomic E-state index is 12.2. The van der Waals surface area contributed by atoms with Crippen LogP contribution in [0.15, 0.2) is 54.6 Å². The molecular weight excluding hydrogens is 322 g/mol. The minimum atomic E-state index is 0.137. The Morgan fingerprint density at radius 1 is 1.00 bits per heavy atom. The molecule has 2 aromatic rings. The fourth-order valence-corrected chi connectivity index (χ4v) is 3.49. The first-order valence-corrected chi connectivity index (χ1v) is 9.54. The molecule has 0 bridgehead atoms. The number of rotatable bonds is 7. The number of nitrogens with one attached hydrogen (secondary N) is 1. The largest absolute Gasteiger partial charge is 0.375 e. The standard InChI is InChI=1S/C22H29N3O/c1-24(21-10-3-2-4-11-21)15-7-14-23-22(26)18-25-16-12-19-8-5-6-9-20(19)13-17-25/h2-6,8-11H,7,12-18H2,1H3,(H,23,26). The second-order valence-corrected chi connectivity index (χ2v) is 7.01. The third kappa shape index (κ3) is 5.33. The van der Waals surface area contributed by atoms with Crippen molar-refractivity contribution in [2.75, 3.05) is 44.7 Å². The van der Waals surface area contributed by atoms with E-state index in [4.69, 9.17) is 0 Å². The molecule has 0 saturated carbocycles. The van der Waals surface area contributed by atoms with E-state index in [2.05, 4.69) is 58.6 Å². The molecule has 2 aromatic carbocycles. The Kier molecular flexibility index (Phi) is 6.67. The minimum absolute atomic E-state index is 0.137. The number of anilines is 1. The van der Waals surface area contributed by atoms with Gasteiger partial charge in [0.05, 0.1) is 6.54 Å². The van der Waals surface area contributed by atoms with E-state index in [1.165, 1.54) is 16.8 Å². The van der Waals surface area contributed by atoms with Crippen molar-refractivity contribution in [2.24, 2.45) is 0 Å². The Morgan fingerprint density at radius 3 is 2.27 bits per heavy atom. The van der Waals surface area contributed by atoms with E-state index in [9.17, 15) is 4.79 Å². The van der Waals surface area contributed by atoms with Crippen molar-refractivity contribution in [3.63, 3.8) is 0 Å². The van der Waals surface area contributed by atoms with Crippen LogP contribution < -0.4 is 10.2 Å². The van der Waals surface area contributed by atoms with E-state index < -0.39 is 0 Å². The Morgan fingerprint density at radius 2 is 1.62 bits per heavy atom. The molecule has 1 N–H and O–H groups in total. The molecule has 26 heavy (non-hydrogen) atoms. The molecule has 0 aliphatic carbocycles. The first-order chi connectivity index (χ1) is 12.7. The van der Waals surface area contributed by atoms with Gasteiger partial charge in [-0.1, -0.05) is 42.5 Å². The summed E-state index contributed by atoms with van der Waals surface area (Å²) in [7, 11) is 2.09. The number of benzene rings is 2. The molecule has 1 aliphatic rings. The number of nitrogens with zero attached hydrogens (tertiary/aromatic N) is 2. The number of carbonyl (C=O) groups excluding carboxylic acids is 1. The second-order valence-electron chi connectivity index (χ2n) is 7.01. The van der Waals surface area contributed by atoms with Crippen molar-refractivity contribution in [1.82, 2.24) is 10.2 Å². The second kappa shape index (κ2) is 9.39. The van der Waals surface area contributed by atoms with E-state index >= 15 is 0 Å². The predicted octanol–water partition coefficient (Wildman–Crippen LogP) is 2.73. The fourth-order valence-electron chi connectivity index (χ4n) is 3.49. The van der Waals surface area contributed by atoms with Crippen LogP contribution in [0.5, 0.6) is 0 Å². The van der Waals surface area contributed by atoms with Gasteiger partial charge in [0, 0.05) is 38.9 Å². The third-order valence-electron chi connectivity index (χ3n) is 5.07. The molecule has 0 saturated heterocycles. The summed E-state index contributed by atoms with van der Waals surface area (Å²) in [6.07, 6.45) is 3.01. The summed E-state index contributed by atoms with van der Waals surface area (Å²) in [5.74, 6) is 0.137. The monoisotopic (exact) mass is 351 g/mol. The van der Waals surface area contributed by atoms with Crippen LogP contribution in [0.1, 0.15) is 17.5 Å². The summed E-state index contributed by atoms with van der Waals surface area (Å²) in [5, 5.41) is 3.07. The van der Waals surface area contributed by atoms with E-state index in [1.807, 2.05) is 18.2 Å². The Labute approximate surface area is 156 Å². The number of carbonyl (C=O) groups is 1. The van der Waals surface area contributed by atoms with Crippen molar-refractivity contribution in [1.29, 1.82) is 0 Å². The smallest absolute Gasteiger partial charge is 0.234 e. The van der Waals surface area contributed by atoms with Crippen molar-refractivity contribution in [3.05, 3.63) is 65.7 Å². The first kappa shape index (κ1) is 18.5. The highest BCUT2D eigenvalue weighted by Crippen LogP contribution is 2.15. The number of hydrogen-bond acceptors (Lipinski definition) is 3. The molecule has 0 aromatic heterocycles. The maximum Gasteiger partial charge on any atom is 0.234 e. The number of fused-ring (bicyclic) bond motifs is 1. The van der Waals surface area contributed by atoms with E-state index in [1.54, 1.807) is 0 Å². The van der Waals surface area contributed by atoms with E-state index in [0.29, 0.717) is 6.54 Å². The molecule has 0 fully saturated rings. The van der Waals surface area contributed by atoms with Crippen molar-refractivity contribution in [3.8, 4) is 0 Å². The Balaban J connectivity index is 1.34. The highest BCUT2D eigenvalue weighted by atomic mass is 16.2. The molecule has 0 radical (unpaired) electrons. The number of amides is 1. The zero-order chi connectivity index (χ0) is 18.2. The van der Waals surface area contributed by atoms with E-state index in [0.717, 1.165) is 45.4 Å². The molecule has 1 aliphatic heterocycles. The molecular formula is C22H29N3O. The molecule has 3 rings (SSSR count). The van der Waals surface area contributed by atoms with Gasteiger partial charge >= 0.3 is 0 Å². The lowest BCUT2D eigenvalue weighted by Gasteiger charge is -2.20. The van der Waals surface area contributed by atoms with Gasteiger partial charge in [-0.15, -0.1) is 0 Å². The van der Waals surface area contributed by atoms with Gasteiger partial charge in [-0.25, -0.2) is 0 Å². The van der Waals surface area contributed by atoms with Gasteiger partial charge in [-0.05, 0) is 42.5 Å².